The number of aromatic nitrogens is 2. The lowest BCUT2D eigenvalue weighted by Gasteiger charge is -2.39. The molecule has 29 heavy (non-hydrogen) atoms. The molecule has 154 valence electrons. The highest BCUT2D eigenvalue weighted by atomic mass is 79.9. The normalized spacial score (nSPS) is 18.2. The minimum Gasteiger partial charge on any atom is -0.443 e. The Morgan fingerprint density at radius 1 is 1.31 bits per heavy atom. The monoisotopic (exact) mass is 463 g/mol. The van der Waals surface area contributed by atoms with Crippen LogP contribution in [0.15, 0.2) is 22.9 Å². The number of rotatable bonds is 1. The average molecular weight is 464 g/mol. The molecule has 0 radical (unpaired) electrons. The number of carbonyl (C=O) groups excluding carboxylic acids is 2. The molecule has 2 aromatic rings. The van der Waals surface area contributed by atoms with Gasteiger partial charge in [0.25, 0.3) is 5.91 Å². The zero-order valence-electron chi connectivity index (χ0n) is 16.6. The highest BCUT2D eigenvalue weighted by molar-refractivity contribution is 9.10. The molecule has 1 spiro atoms. The van der Waals surface area contributed by atoms with Crippen LogP contribution in [0, 0.1) is 5.82 Å². The molecule has 3 heterocycles. The molecule has 1 aliphatic heterocycles. The molecule has 6 nitrogen and oxygen atoms in total. The number of ether oxygens (including phenoxy) is 1. The van der Waals surface area contributed by atoms with E-state index in [0.29, 0.717) is 16.8 Å². The number of aromatic amines is 1. The molecule has 2 amide bonds. The number of halogens is 2. The van der Waals surface area contributed by atoms with Crippen LogP contribution in [0.25, 0.3) is 11.3 Å². The second-order valence-electron chi connectivity index (χ2n) is 8.79. The van der Waals surface area contributed by atoms with E-state index in [9.17, 15) is 14.0 Å². The molecule has 0 unspecified atom stereocenters. The Kier molecular flexibility index (Phi) is 4.80. The summed E-state index contributed by atoms with van der Waals surface area (Å²) >= 11 is 3.11. The van der Waals surface area contributed by atoms with Crippen LogP contribution in [-0.4, -0.2) is 39.0 Å². The predicted molar refractivity (Wildman–Crippen MR) is 109 cm³/mol. The number of hydrogen-bond donors (Lipinski definition) is 1. The number of nitrogens with one attached hydrogen (secondary N) is 1. The number of fused-ring (bicyclic) bond motifs is 2. The van der Waals surface area contributed by atoms with Crippen molar-refractivity contribution in [1.82, 2.24) is 14.9 Å². The van der Waals surface area contributed by atoms with Gasteiger partial charge in [-0.3, -0.25) is 4.79 Å². The second kappa shape index (κ2) is 6.93. The highest BCUT2D eigenvalue weighted by Crippen LogP contribution is 2.47. The third kappa shape index (κ3) is 3.47. The topological polar surface area (TPSA) is 75.3 Å². The molecule has 1 aliphatic carbocycles. The minimum absolute atomic E-state index is 0.111. The van der Waals surface area contributed by atoms with E-state index in [-0.39, 0.29) is 16.6 Å². The zero-order chi connectivity index (χ0) is 21.0. The molecule has 8 heteroatoms. The van der Waals surface area contributed by atoms with Gasteiger partial charge in [0.05, 0.1) is 5.56 Å². The fraction of sp³-hybridized carbons (Fsp3) is 0.476. The summed E-state index contributed by atoms with van der Waals surface area (Å²) in [6, 6.07) is 3.20. The maximum atomic E-state index is 14.6. The van der Waals surface area contributed by atoms with E-state index in [1.54, 1.807) is 32.9 Å². The number of pyridine rings is 1. The first-order chi connectivity index (χ1) is 13.6. The van der Waals surface area contributed by atoms with Crippen LogP contribution >= 0.6 is 15.9 Å². The molecule has 4 rings (SSSR count). The fourth-order valence-corrected chi connectivity index (χ4v) is 4.67. The van der Waals surface area contributed by atoms with Crippen LogP contribution in [0.2, 0.25) is 0 Å². The van der Waals surface area contributed by atoms with Crippen molar-refractivity contribution in [3.05, 3.63) is 40.0 Å². The number of H-pyrrole nitrogens is 1. The van der Waals surface area contributed by atoms with Gasteiger partial charge in [-0.2, -0.15) is 0 Å². The van der Waals surface area contributed by atoms with Crippen molar-refractivity contribution in [3.63, 3.8) is 0 Å². The molecule has 0 aromatic carbocycles. The molecule has 2 aromatic heterocycles. The smallest absolute Gasteiger partial charge is 0.417 e. The number of imide groups is 1. The molecule has 0 saturated heterocycles. The summed E-state index contributed by atoms with van der Waals surface area (Å²) in [5.74, 6) is -0.911. The van der Waals surface area contributed by atoms with Crippen molar-refractivity contribution in [3.8, 4) is 11.3 Å². The lowest BCUT2D eigenvalue weighted by molar-refractivity contribution is 0.0180. The predicted octanol–water partition coefficient (Wildman–Crippen LogP) is 5.18. The van der Waals surface area contributed by atoms with Crippen LogP contribution in [0.4, 0.5) is 9.18 Å². The van der Waals surface area contributed by atoms with Gasteiger partial charge in [0.2, 0.25) is 0 Å². The van der Waals surface area contributed by atoms with Crippen LogP contribution in [0.3, 0.4) is 0 Å². The molecule has 2 aliphatic rings. The largest absolute Gasteiger partial charge is 0.443 e. The Morgan fingerprint density at radius 3 is 2.66 bits per heavy atom. The van der Waals surface area contributed by atoms with Gasteiger partial charge in [-0.05, 0) is 61.7 Å². The fourth-order valence-electron chi connectivity index (χ4n) is 4.34. The van der Waals surface area contributed by atoms with E-state index >= 15 is 0 Å². The van der Waals surface area contributed by atoms with Gasteiger partial charge < -0.3 is 9.72 Å². The molecule has 1 N–H and O–H groups in total. The van der Waals surface area contributed by atoms with Crippen molar-refractivity contribution >= 4 is 27.9 Å². The number of carbonyl (C=O) groups is 2. The molecule has 1 saturated carbocycles. The molecular formula is C21H23BrFN3O3. The van der Waals surface area contributed by atoms with Crippen molar-refractivity contribution in [2.45, 2.75) is 57.5 Å². The van der Waals surface area contributed by atoms with Gasteiger partial charge in [-0.15, -0.1) is 0 Å². The molecular weight excluding hydrogens is 441 g/mol. The van der Waals surface area contributed by atoms with Gasteiger partial charge in [0, 0.05) is 35.1 Å². The lowest BCUT2D eigenvalue weighted by Crippen LogP contribution is -2.52. The third-order valence-electron chi connectivity index (χ3n) is 5.60. The summed E-state index contributed by atoms with van der Waals surface area (Å²) < 4.78 is 20.2. The van der Waals surface area contributed by atoms with Crippen molar-refractivity contribution in [2.75, 3.05) is 6.54 Å². The van der Waals surface area contributed by atoms with Gasteiger partial charge in [0.15, 0.2) is 5.82 Å². The Bertz CT molecular complexity index is 990. The SMILES string of the molecule is CC(C)(C)OC(=O)N1CC2(CCCC2)c2[nH]c(-c3ccnc(Br)c3F)cc2C1=O. The number of amides is 2. The number of nitrogens with zero attached hydrogens (tertiary/aromatic N) is 2. The van der Waals surface area contributed by atoms with E-state index in [1.165, 1.54) is 11.1 Å². The summed E-state index contributed by atoms with van der Waals surface area (Å²) in [5.41, 5.74) is 0.982. The third-order valence-corrected chi connectivity index (χ3v) is 6.15. The highest BCUT2D eigenvalue weighted by Gasteiger charge is 2.49. The summed E-state index contributed by atoms with van der Waals surface area (Å²) in [6.45, 7) is 5.59. The zero-order valence-corrected chi connectivity index (χ0v) is 18.2. The first-order valence-electron chi connectivity index (χ1n) is 9.70. The Labute approximate surface area is 177 Å². The van der Waals surface area contributed by atoms with Crippen molar-refractivity contribution in [1.29, 1.82) is 0 Å². The van der Waals surface area contributed by atoms with Crippen LogP contribution in [-0.2, 0) is 10.2 Å². The summed E-state index contributed by atoms with van der Waals surface area (Å²) in [7, 11) is 0. The number of hydrogen-bond acceptors (Lipinski definition) is 4. The van der Waals surface area contributed by atoms with E-state index in [2.05, 4.69) is 25.9 Å². The van der Waals surface area contributed by atoms with Gasteiger partial charge >= 0.3 is 6.09 Å². The standard InChI is InChI=1S/C21H23BrFN3O3/c1-20(2,3)29-19(28)26-11-21(7-4-5-8-21)16-13(18(26)27)10-14(25-16)12-6-9-24-17(22)15(12)23/h6,9-10,25H,4-5,7-8,11H2,1-3H3. The maximum absolute atomic E-state index is 14.6. The summed E-state index contributed by atoms with van der Waals surface area (Å²) in [6.07, 6.45) is 4.60. The van der Waals surface area contributed by atoms with Gasteiger partial charge in [0.1, 0.15) is 10.2 Å². The van der Waals surface area contributed by atoms with Crippen LogP contribution in [0.5, 0.6) is 0 Å². The van der Waals surface area contributed by atoms with E-state index in [4.69, 9.17) is 4.74 Å². The minimum atomic E-state index is -0.698. The lowest BCUT2D eigenvalue weighted by atomic mass is 9.77. The molecule has 0 atom stereocenters. The van der Waals surface area contributed by atoms with Gasteiger partial charge in [-0.1, -0.05) is 12.8 Å². The van der Waals surface area contributed by atoms with Crippen molar-refractivity contribution < 1.29 is 18.7 Å². The first-order valence-corrected chi connectivity index (χ1v) is 10.5. The van der Waals surface area contributed by atoms with E-state index in [1.807, 2.05) is 0 Å². The molecule has 0 bridgehead atoms. The first kappa shape index (κ1) is 20.1. The Hall–Kier alpha value is -2.22. The van der Waals surface area contributed by atoms with Crippen LogP contribution in [0.1, 0.15) is 62.5 Å². The summed E-state index contributed by atoms with van der Waals surface area (Å²) in [4.78, 5) is 34.3. The van der Waals surface area contributed by atoms with E-state index < -0.39 is 23.4 Å². The quantitative estimate of drug-likeness (QED) is 0.591. The summed E-state index contributed by atoms with van der Waals surface area (Å²) in [5, 5.41) is 0. The van der Waals surface area contributed by atoms with Crippen molar-refractivity contribution in [2.24, 2.45) is 0 Å². The molecule has 1 fully saturated rings. The second-order valence-corrected chi connectivity index (χ2v) is 9.55. The Morgan fingerprint density at radius 2 is 2.00 bits per heavy atom. The average Bonchev–Trinajstić information content (AvgIpc) is 3.27. The van der Waals surface area contributed by atoms with Crippen LogP contribution < -0.4 is 0 Å². The Balaban J connectivity index is 1.80. The van der Waals surface area contributed by atoms with Gasteiger partial charge in [-0.25, -0.2) is 19.1 Å². The maximum Gasteiger partial charge on any atom is 0.417 e. The van der Waals surface area contributed by atoms with E-state index in [0.717, 1.165) is 31.4 Å².